The van der Waals surface area contributed by atoms with Crippen molar-refractivity contribution in [3.63, 3.8) is 0 Å². The number of hydrogen-bond donors (Lipinski definition) is 0. The first kappa shape index (κ1) is 17.6. The second-order valence-electron chi connectivity index (χ2n) is 5.52. The summed E-state index contributed by atoms with van der Waals surface area (Å²) in [5.41, 5.74) is -0.108. The van der Waals surface area contributed by atoms with E-state index in [9.17, 15) is 9.18 Å². The molecule has 0 bridgehead atoms. The van der Waals surface area contributed by atoms with Crippen LogP contribution in [0.2, 0.25) is 0 Å². The Kier molecular flexibility index (Phi) is 5.51. The number of hydrogen-bond acceptors (Lipinski definition) is 5. The van der Waals surface area contributed by atoms with Gasteiger partial charge in [0.1, 0.15) is 16.1 Å². The zero-order valence-corrected chi connectivity index (χ0v) is 15.1. The Morgan fingerprint density at radius 3 is 2.52 bits per heavy atom. The average molecular weight is 430 g/mol. The molecular formula is C16H16FIN2O3. The van der Waals surface area contributed by atoms with Crippen LogP contribution in [0.5, 0.6) is 5.88 Å². The SMILES string of the molecule is COC(=O)C(C)(C)COc1cc(I)nc(-c2ccc(F)cc2)n1. The van der Waals surface area contributed by atoms with E-state index in [1.54, 1.807) is 32.0 Å². The van der Waals surface area contributed by atoms with Crippen LogP contribution in [0.4, 0.5) is 4.39 Å². The van der Waals surface area contributed by atoms with E-state index in [0.717, 1.165) is 0 Å². The fraction of sp³-hybridized carbons (Fsp3) is 0.312. The standard InChI is InChI=1S/C16H16FIN2O3/c1-16(2,15(21)22-3)9-23-13-8-12(18)19-14(20-13)10-4-6-11(17)7-5-10/h4-8H,9H2,1-3H3. The Morgan fingerprint density at radius 1 is 1.26 bits per heavy atom. The van der Waals surface area contributed by atoms with Gasteiger partial charge >= 0.3 is 5.97 Å². The molecule has 0 unspecified atom stereocenters. The van der Waals surface area contributed by atoms with Crippen LogP contribution in [-0.4, -0.2) is 29.7 Å². The summed E-state index contributed by atoms with van der Waals surface area (Å²) in [6.07, 6.45) is 0. The van der Waals surface area contributed by atoms with E-state index in [4.69, 9.17) is 9.47 Å². The van der Waals surface area contributed by atoms with Crippen molar-refractivity contribution in [1.82, 2.24) is 9.97 Å². The van der Waals surface area contributed by atoms with E-state index < -0.39 is 5.41 Å². The number of ether oxygens (including phenoxy) is 2. The van der Waals surface area contributed by atoms with Crippen molar-refractivity contribution in [1.29, 1.82) is 0 Å². The molecule has 7 heteroatoms. The molecule has 0 N–H and O–H groups in total. The van der Waals surface area contributed by atoms with Crippen LogP contribution in [0.25, 0.3) is 11.4 Å². The highest BCUT2D eigenvalue weighted by Gasteiger charge is 2.30. The lowest BCUT2D eigenvalue weighted by Crippen LogP contribution is -2.32. The summed E-state index contributed by atoms with van der Waals surface area (Å²) in [6.45, 7) is 3.58. The minimum absolute atomic E-state index is 0.121. The topological polar surface area (TPSA) is 61.3 Å². The molecule has 0 aliphatic carbocycles. The number of rotatable bonds is 5. The van der Waals surface area contributed by atoms with E-state index in [2.05, 4.69) is 9.97 Å². The third-order valence-electron chi connectivity index (χ3n) is 3.09. The molecule has 0 saturated carbocycles. The molecule has 0 radical (unpaired) electrons. The van der Waals surface area contributed by atoms with Gasteiger partial charge in [-0.15, -0.1) is 0 Å². The zero-order chi connectivity index (χ0) is 17.0. The Hall–Kier alpha value is -1.77. The minimum Gasteiger partial charge on any atom is -0.476 e. The van der Waals surface area contributed by atoms with Crippen molar-refractivity contribution in [2.24, 2.45) is 5.41 Å². The van der Waals surface area contributed by atoms with E-state index in [0.29, 0.717) is 21.0 Å². The van der Waals surface area contributed by atoms with Crippen LogP contribution in [0.1, 0.15) is 13.8 Å². The molecule has 0 aliphatic rings. The largest absolute Gasteiger partial charge is 0.476 e. The van der Waals surface area contributed by atoms with Crippen molar-refractivity contribution in [3.8, 4) is 17.3 Å². The molecule has 0 amide bonds. The van der Waals surface area contributed by atoms with E-state index in [-0.39, 0.29) is 18.4 Å². The summed E-state index contributed by atoms with van der Waals surface area (Å²) in [6, 6.07) is 7.56. The maximum atomic E-state index is 13.0. The summed E-state index contributed by atoms with van der Waals surface area (Å²) in [4.78, 5) is 20.3. The molecule has 122 valence electrons. The fourth-order valence-corrected chi connectivity index (χ4v) is 2.28. The molecular weight excluding hydrogens is 414 g/mol. The van der Waals surface area contributed by atoms with Crippen LogP contribution < -0.4 is 4.74 Å². The van der Waals surface area contributed by atoms with Crippen LogP contribution >= 0.6 is 22.6 Å². The van der Waals surface area contributed by atoms with Crippen molar-refractivity contribution in [2.75, 3.05) is 13.7 Å². The highest BCUT2D eigenvalue weighted by molar-refractivity contribution is 14.1. The number of carbonyl (C=O) groups excluding carboxylic acids is 1. The number of benzene rings is 1. The first-order chi connectivity index (χ1) is 10.8. The molecule has 1 aromatic carbocycles. The predicted molar refractivity (Wildman–Crippen MR) is 91.4 cm³/mol. The van der Waals surface area contributed by atoms with Gasteiger partial charge in [0.15, 0.2) is 5.82 Å². The first-order valence-corrected chi connectivity index (χ1v) is 7.91. The monoisotopic (exact) mass is 430 g/mol. The van der Waals surface area contributed by atoms with Gasteiger partial charge < -0.3 is 9.47 Å². The molecule has 0 atom stereocenters. The van der Waals surface area contributed by atoms with Gasteiger partial charge in [-0.3, -0.25) is 4.79 Å². The van der Waals surface area contributed by atoms with Crippen molar-refractivity contribution < 1.29 is 18.7 Å². The summed E-state index contributed by atoms with van der Waals surface area (Å²) in [5.74, 6) is 0.0965. The molecule has 0 aliphatic heterocycles. The molecule has 23 heavy (non-hydrogen) atoms. The van der Waals surface area contributed by atoms with Crippen LogP contribution in [0.15, 0.2) is 30.3 Å². The first-order valence-electron chi connectivity index (χ1n) is 6.83. The molecule has 2 rings (SSSR count). The molecule has 0 spiro atoms. The van der Waals surface area contributed by atoms with Gasteiger partial charge in [0.05, 0.1) is 12.5 Å². The van der Waals surface area contributed by atoms with Gasteiger partial charge in [-0.05, 0) is 60.7 Å². The third kappa shape index (κ3) is 4.60. The Balaban J connectivity index is 2.21. The second-order valence-corrected chi connectivity index (χ2v) is 6.63. The molecule has 2 aromatic rings. The van der Waals surface area contributed by atoms with E-state index in [1.807, 2.05) is 22.6 Å². The Morgan fingerprint density at radius 2 is 1.91 bits per heavy atom. The van der Waals surface area contributed by atoms with E-state index >= 15 is 0 Å². The highest BCUT2D eigenvalue weighted by Crippen LogP contribution is 2.23. The Labute approximate surface area is 147 Å². The number of methoxy groups -OCH3 is 1. The minimum atomic E-state index is -0.791. The lowest BCUT2D eigenvalue weighted by atomic mass is 9.95. The Bertz CT molecular complexity index is 705. The number of aromatic nitrogens is 2. The number of nitrogens with zero attached hydrogens (tertiary/aromatic N) is 2. The summed E-state index contributed by atoms with van der Waals surface area (Å²) in [5, 5.41) is 0. The quantitative estimate of drug-likeness (QED) is 0.413. The van der Waals surface area contributed by atoms with Gasteiger partial charge in [-0.1, -0.05) is 0 Å². The predicted octanol–water partition coefficient (Wildman–Crippen LogP) is 3.47. The smallest absolute Gasteiger partial charge is 0.314 e. The van der Waals surface area contributed by atoms with Crippen molar-refractivity contribution in [3.05, 3.63) is 39.8 Å². The van der Waals surface area contributed by atoms with E-state index in [1.165, 1.54) is 19.2 Å². The molecule has 0 saturated heterocycles. The van der Waals surface area contributed by atoms with Gasteiger partial charge in [0, 0.05) is 11.6 Å². The maximum absolute atomic E-state index is 13.0. The maximum Gasteiger partial charge on any atom is 0.314 e. The third-order valence-corrected chi connectivity index (χ3v) is 3.65. The lowest BCUT2D eigenvalue weighted by molar-refractivity contribution is -0.152. The number of halogens is 2. The lowest BCUT2D eigenvalue weighted by Gasteiger charge is -2.21. The number of esters is 1. The zero-order valence-electron chi connectivity index (χ0n) is 13.0. The fourth-order valence-electron chi connectivity index (χ4n) is 1.79. The van der Waals surface area contributed by atoms with Crippen LogP contribution in [-0.2, 0) is 9.53 Å². The molecule has 1 aromatic heterocycles. The molecule has 0 fully saturated rings. The van der Waals surface area contributed by atoms with Gasteiger partial charge in [-0.25, -0.2) is 9.37 Å². The van der Waals surface area contributed by atoms with Gasteiger partial charge in [-0.2, -0.15) is 4.98 Å². The van der Waals surface area contributed by atoms with Crippen LogP contribution in [0.3, 0.4) is 0 Å². The average Bonchev–Trinajstić information content (AvgIpc) is 2.52. The number of carbonyl (C=O) groups is 1. The highest BCUT2D eigenvalue weighted by atomic mass is 127. The summed E-state index contributed by atoms with van der Waals surface area (Å²) < 4.78 is 24.1. The van der Waals surface area contributed by atoms with Crippen molar-refractivity contribution >= 4 is 28.6 Å². The molecule has 1 heterocycles. The second kappa shape index (κ2) is 7.20. The summed E-state index contributed by atoms with van der Waals surface area (Å²) in [7, 11) is 1.34. The normalized spacial score (nSPS) is 11.2. The van der Waals surface area contributed by atoms with Gasteiger partial charge in [0.2, 0.25) is 5.88 Å². The molecule has 5 nitrogen and oxygen atoms in total. The van der Waals surface area contributed by atoms with Crippen molar-refractivity contribution in [2.45, 2.75) is 13.8 Å². The summed E-state index contributed by atoms with van der Waals surface area (Å²) >= 11 is 2.05. The van der Waals surface area contributed by atoms with Crippen LogP contribution in [0, 0.1) is 14.9 Å². The van der Waals surface area contributed by atoms with Gasteiger partial charge in [0.25, 0.3) is 0 Å².